The van der Waals surface area contributed by atoms with Gasteiger partial charge in [0.15, 0.2) is 0 Å². The number of rotatable bonds is 4. The number of hydrogen-bond donors (Lipinski definition) is 1. The van der Waals surface area contributed by atoms with Gasteiger partial charge in [-0.3, -0.25) is 0 Å². The summed E-state index contributed by atoms with van der Waals surface area (Å²) in [5, 5.41) is 5.47. The molecule has 0 saturated carbocycles. The van der Waals surface area contributed by atoms with Gasteiger partial charge in [-0.15, -0.1) is 11.3 Å². The van der Waals surface area contributed by atoms with E-state index < -0.39 is 0 Å². The Hall–Kier alpha value is -0.870. The highest BCUT2D eigenvalue weighted by molar-refractivity contribution is 9.10. The minimum atomic E-state index is 0.834. The van der Waals surface area contributed by atoms with Crippen LogP contribution in [0.3, 0.4) is 0 Å². The van der Waals surface area contributed by atoms with Gasteiger partial charge < -0.3 is 5.32 Å². The fourth-order valence-corrected chi connectivity index (χ4v) is 2.89. The normalized spacial score (nSPS) is 10.4. The fourth-order valence-electron chi connectivity index (χ4n) is 1.50. The van der Waals surface area contributed by atoms with Gasteiger partial charge in [-0.05, 0) is 40.0 Å². The molecule has 2 nitrogen and oxygen atoms in total. The third-order valence-electron chi connectivity index (χ3n) is 2.32. The molecule has 2 aromatic heterocycles. The number of halogens is 1. The number of hydrogen-bond acceptors (Lipinski definition) is 3. The van der Waals surface area contributed by atoms with Gasteiger partial charge in [0.2, 0.25) is 0 Å². The first-order chi connectivity index (χ1) is 7.79. The van der Waals surface area contributed by atoms with Gasteiger partial charge in [0, 0.05) is 20.9 Å². The summed E-state index contributed by atoms with van der Waals surface area (Å²) < 4.78 is 1.14. The summed E-state index contributed by atoms with van der Waals surface area (Å²) >= 11 is 5.20. The Balaban J connectivity index is 2.04. The molecule has 0 spiro atoms. The topological polar surface area (TPSA) is 24.9 Å². The highest BCUT2D eigenvalue weighted by Crippen LogP contribution is 2.21. The minimum Gasteiger partial charge on any atom is -0.365 e. The van der Waals surface area contributed by atoms with E-state index in [4.69, 9.17) is 0 Å². The number of nitrogens with zero attached hydrogens (tertiary/aromatic N) is 1. The molecule has 2 aromatic rings. The summed E-state index contributed by atoms with van der Waals surface area (Å²) in [6.07, 6.45) is 2.83. The molecule has 2 rings (SSSR count). The van der Waals surface area contributed by atoms with E-state index in [1.165, 1.54) is 10.4 Å². The van der Waals surface area contributed by atoms with Crippen molar-refractivity contribution < 1.29 is 0 Å². The predicted molar refractivity (Wildman–Crippen MR) is 73.0 cm³/mol. The molecule has 0 atom stereocenters. The van der Waals surface area contributed by atoms with Crippen molar-refractivity contribution in [3.8, 4) is 0 Å². The molecular formula is C12H13BrN2S. The van der Waals surface area contributed by atoms with Crippen LogP contribution in [0.4, 0.5) is 5.82 Å². The average molecular weight is 297 g/mol. The van der Waals surface area contributed by atoms with Crippen LogP contribution in [0.5, 0.6) is 0 Å². The average Bonchev–Trinajstić information content (AvgIpc) is 2.73. The van der Waals surface area contributed by atoms with Crippen LogP contribution in [0.15, 0.2) is 34.2 Å². The molecule has 0 saturated heterocycles. The lowest BCUT2D eigenvalue weighted by Gasteiger charge is -2.07. The van der Waals surface area contributed by atoms with Gasteiger partial charge in [0.05, 0.1) is 6.54 Å². The van der Waals surface area contributed by atoms with Crippen molar-refractivity contribution in [1.82, 2.24) is 4.98 Å². The lowest BCUT2D eigenvalue weighted by Crippen LogP contribution is -2.02. The summed E-state index contributed by atoms with van der Waals surface area (Å²) in [4.78, 5) is 5.66. The van der Waals surface area contributed by atoms with Crippen LogP contribution in [-0.4, -0.2) is 4.98 Å². The van der Waals surface area contributed by atoms with Gasteiger partial charge in [0.1, 0.15) is 5.82 Å². The Kier molecular flexibility index (Phi) is 3.96. The van der Waals surface area contributed by atoms with Gasteiger partial charge in [-0.25, -0.2) is 4.98 Å². The monoisotopic (exact) mass is 296 g/mol. The summed E-state index contributed by atoms with van der Waals surface area (Å²) in [6, 6.07) is 6.22. The summed E-state index contributed by atoms with van der Waals surface area (Å²) in [6.45, 7) is 2.98. The zero-order valence-corrected chi connectivity index (χ0v) is 11.4. The molecule has 0 aliphatic rings. The van der Waals surface area contributed by atoms with Crippen LogP contribution < -0.4 is 5.32 Å². The molecule has 0 aliphatic heterocycles. The Bertz CT molecular complexity index is 468. The van der Waals surface area contributed by atoms with Gasteiger partial charge in [0.25, 0.3) is 0 Å². The zero-order valence-electron chi connectivity index (χ0n) is 9.03. The van der Waals surface area contributed by atoms with Crippen molar-refractivity contribution in [3.05, 3.63) is 44.7 Å². The number of pyridine rings is 1. The number of anilines is 1. The highest BCUT2D eigenvalue weighted by Gasteiger charge is 2.02. The van der Waals surface area contributed by atoms with Crippen LogP contribution >= 0.6 is 27.3 Å². The van der Waals surface area contributed by atoms with Crippen LogP contribution in [0.2, 0.25) is 0 Å². The zero-order chi connectivity index (χ0) is 11.4. The predicted octanol–water partition coefficient (Wildman–Crippen LogP) is 4.08. The maximum Gasteiger partial charge on any atom is 0.129 e. The van der Waals surface area contributed by atoms with Crippen LogP contribution in [0.1, 0.15) is 17.4 Å². The van der Waals surface area contributed by atoms with Crippen molar-refractivity contribution in [2.75, 3.05) is 5.32 Å². The van der Waals surface area contributed by atoms with E-state index in [1.807, 2.05) is 12.3 Å². The molecule has 16 heavy (non-hydrogen) atoms. The molecule has 2 heterocycles. The van der Waals surface area contributed by atoms with Crippen molar-refractivity contribution in [2.24, 2.45) is 0 Å². The van der Waals surface area contributed by atoms with E-state index in [1.54, 1.807) is 11.3 Å². The molecule has 0 radical (unpaired) electrons. The maximum absolute atomic E-state index is 4.35. The maximum atomic E-state index is 4.35. The van der Waals surface area contributed by atoms with Gasteiger partial charge >= 0.3 is 0 Å². The molecule has 0 aliphatic carbocycles. The molecule has 0 amide bonds. The fraction of sp³-hybridized carbons (Fsp3) is 0.250. The van der Waals surface area contributed by atoms with Crippen molar-refractivity contribution in [2.45, 2.75) is 19.9 Å². The van der Waals surface area contributed by atoms with E-state index in [0.717, 1.165) is 23.3 Å². The summed E-state index contributed by atoms with van der Waals surface area (Å²) in [7, 11) is 0. The molecule has 0 aromatic carbocycles. The van der Waals surface area contributed by atoms with E-state index in [9.17, 15) is 0 Å². The first kappa shape index (κ1) is 11.6. The standard InChI is InChI=1S/C12H13BrN2S/c1-2-9-4-3-5-14-12(9)15-7-11-6-10(13)8-16-11/h3-6,8H,2,7H2,1H3,(H,14,15). The largest absolute Gasteiger partial charge is 0.365 e. The Morgan fingerprint density at radius 1 is 1.50 bits per heavy atom. The number of thiophene rings is 1. The number of aromatic nitrogens is 1. The number of nitrogens with one attached hydrogen (secondary N) is 1. The molecule has 4 heteroatoms. The SMILES string of the molecule is CCc1cccnc1NCc1cc(Br)cs1. The van der Waals surface area contributed by atoms with E-state index in [-0.39, 0.29) is 0 Å². The lowest BCUT2D eigenvalue weighted by atomic mass is 10.2. The van der Waals surface area contributed by atoms with Crippen molar-refractivity contribution in [1.29, 1.82) is 0 Å². The Morgan fingerprint density at radius 2 is 2.38 bits per heavy atom. The summed E-state index contributed by atoms with van der Waals surface area (Å²) in [5.74, 6) is 0.995. The molecule has 0 fully saturated rings. The van der Waals surface area contributed by atoms with Crippen molar-refractivity contribution >= 4 is 33.1 Å². The van der Waals surface area contributed by atoms with Gasteiger partial charge in [-0.1, -0.05) is 13.0 Å². The van der Waals surface area contributed by atoms with E-state index in [2.05, 4.69) is 50.7 Å². The smallest absolute Gasteiger partial charge is 0.129 e. The minimum absolute atomic E-state index is 0.834. The van der Waals surface area contributed by atoms with Crippen LogP contribution in [-0.2, 0) is 13.0 Å². The van der Waals surface area contributed by atoms with E-state index in [0.29, 0.717) is 0 Å². The first-order valence-electron chi connectivity index (χ1n) is 5.20. The van der Waals surface area contributed by atoms with Crippen LogP contribution in [0.25, 0.3) is 0 Å². The van der Waals surface area contributed by atoms with Crippen LogP contribution in [0, 0.1) is 0 Å². The Labute approximate surface area is 108 Å². The second-order valence-electron chi connectivity index (χ2n) is 3.45. The molecule has 0 bridgehead atoms. The molecule has 1 N–H and O–H groups in total. The highest BCUT2D eigenvalue weighted by atomic mass is 79.9. The lowest BCUT2D eigenvalue weighted by molar-refractivity contribution is 1.06. The molecular weight excluding hydrogens is 284 g/mol. The Morgan fingerprint density at radius 3 is 3.06 bits per heavy atom. The number of aryl methyl sites for hydroxylation is 1. The third-order valence-corrected chi connectivity index (χ3v) is 4.02. The third kappa shape index (κ3) is 2.83. The van der Waals surface area contributed by atoms with Gasteiger partial charge in [-0.2, -0.15) is 0 Å². The quantitative estimate of drug-likeness (QED) is 0.919. The second-order valence-corrected chi connectivity index (χ2v) is 5.36. The van der Waals surface area contributed by atoms with Crippen molar-refractivity contribution in [3.63, 3.8) is 0 Å². The first-order valence-corrected chi connectivity index (χ1v) is 6.87. The van der Waals surface area contributed by atoms with E-state index >= 15 is 0 Å². The second kappa shape index (κ2) is 5.46. The molecule has 84 valence electrons. The summed E-state index contributed by atoms with van der Waals surface area (Å²) in [5.41, 5.74) is 1.26. The molecule has 0 unspecified atom stereocenters.